The fourth-order valence-electron chi connectivity index (χ4n) is 1.70. The molecule has 0 amide bonds. The van der Waals surface area contributed by atoms with Crippen molar-refractivity contribution in [1.82, 2.24) is 0 Å². The first-order chi connectivity index (χ1) is 7.48. The van der Waals surface area contributed by atoms with Crippen LogP contribution in [0.15, 0.2) is 24.3 Å². The lowest BCUT2D eigenvalue weighted by atomic mass is 9.97. The molecule has 0 saturated carbocycles. The second-order valence-corrected chi connectivity index (χ2v) is 3.63. The van der Waals surface area contributed by atoms with Crippen molar-refractivity contribution in [2.24, 2.45) is 0 Å². The van der Waals surface area contributed by atoms with Gasteiger partial charge in [0.1, 0.15) is 0 Å². The monoisotopic (exact) mass is 230 g/mol. The minimum Gasteiger partial charge on any atom is -0.465 e. The van der Waals surface area contributed by atoms with Crippen LogP contribution in [0.25, 0.3) is 0 Å². The normalized spacial score (nSPS) is 20.9. The van der Waals surface area contributed by atoms with Gasteiger partial charge in [0.25, 0.3) is 0 Å². The van der Waals surface area contributed by atoms with Gasteiger partial charge < -0.3 is 4.74 Å². The average Bonchev–Trinajstić information content (AvgIpc) is 2.63. The number of esters is 1. The summed E-state index contributed by atoms with van der Waals surface area (Å²) in [5.41, 5.74) is -0.127. The number of hydrogen-bond donors (Lipinski definition) is 0. The maximum Gasteiger partial charge on any atom is 0.416 e. The molecule has 0 radical (unpaired) electrons. The van der Waals surface area contributed by atoms with Crippen molar-refractivity contribution in [3.8, 4) is 0 Å². The topological polar surface area (TPSA) is 26.3 Å². The van der Waals surface area contributed by atoms with Crippen LogP contribution in [-0.2, 0) is 15.7 Å². The van der Waals surface area contributed by atoms with Gasteiger partial charge in [0.05, 0.1) is 18.1 Å². The fraction of sp³-hybridized carbons (Fsp3) is 0.364. The van der Waals surface area contributed by atoms with Crippen molar-refractivity contribution in [3.05, 3.63) is 35.4 Å². The number of hydrogen-bond acceptors (Lipinski definition) is 2. The van der Waals surface area contributed by atoms with Gasteiger partial charge >= 0.3 is 12.1 Å². The SMILES string of the molecule is O=C1OCCC1c1ccc(C(F)(F)F)cc1. The minimum absolute atomic E-state index is 0.338. The predicted octanol–water partition coefficient (Wildman–Crippen LogP) is 2.74. The van der Waals surface area contributed by atoms with Gasteiger partial charge in [0.2, 0.25) is 0 Å². The van der Waals surface area contributed by atoms with Crippen LogP contribution in [-0.4, -0.2) is 12.6 Å². The number of carbonyl (C=O) groups is 1. The Kier molecular flexibility index (Phi) is 2.61. The van der Waals surface area contributed by atoms with Crippen molar-refractivity contribution in [2.45, 2.75) is 18.5 Å². The van der Waals surface area contributed by atoms with E-state index in [2.05, 4.69) is 0 Å². The van der Waals surface area contributed by atoms with Crippen LogP contribution >= 0.6 is 0 Å². The molecule has 5 heteroatoms. The quantitative estimate of drug-likeness (QED) is 0.693. The summed E-state index contributed by atoms with van der Waals surface area (Å²) in [6, 6.07) is 4.64. The molecule has 1 aromatic carbocycles. The molecule has 1 saturated heterocycles. The van der Waals surface area contributed by atoms with Crippen LogP contribution in [0.2, 0.25) is 0 Å². The highest BCUT2D eigenvalue weighted by Gasteiger charge is 2.32. The average molecular weight is 230 g/mol. The number of cyclic esters (lactones) is 1. The van der Waals surface area contributed by atoms with E-state index in [9.17, 15) is 18.0 Å². The number of alkyl halides is 3. The molecule has 1 heterocycles. The third kappa shape index (κ3) is 2.03. The molecule has 0 spiro atoms. The lowest BCUT2D eigenvalue weighted by Crippen LogP contribution is -2.08. The number of halogens is 3. The highest BCUT2D eigenvalue weighted by atomic mass is 19.4. The van der Waals surface area contributed by atoms with Crippen LogP contribution < -0.4 is 0 Å². The van der Waals surface area contributed by atoms with E-state index >= 15 is 0 Å². The largest absolute Gasteiger partial charge is 0.465 e. The van der Waals surface area contributed by atoms with Gasteiger partial charge in [-0.1, -0.05) is 12.1 Å². The molecular formula is C11H9F3O2. The van der Waals surface area contributed by atoms with Crippen molar-refractivity contribution in [2.75, 3.05) is 6.61 Å². The standard InChI is InChI=1S/C11H9F3O2/c12-11(13,14)8-3-1-7(2-4-8)9-5-6-16-10(9)15/h1-4,9H,5-6H2. The Hall–Kier alpha value is -1.52. The summed E-state index contributed by atoms with van der Waals surface area (Å²) < 4.78 is 41.6. The maximum atomic E-state index is 12.3. The molecule has 16 heavy (non-hydrogen) atoms. The number of ether oxygens (including phenoxy) is 1. The van der Waals surface area contributed by atoms with Crippen LogP contribution in [0.5, 0.6) is 0 Å². The molecule has 0 aliphatic carbocycles. The first-order valence-corrected chi connectivity index (χ1v) is 4.82. The van der Waals surface area contributed by atoms with Gasteiger partial charge in [-0.25, -0.2) is 0 Å². The summed E-state index contributed by atoms with van der Waals surface area (Å²) in [4.78, 5) is 11.2. The first-order valence-electron chi connectivity index (χ1n) is 4.82. The second kappa shape index (κ2) is 3.81. The first kappa shape index (κ1) is 11.0. The van der Waals surface area contributed by atoms with E-state index in [1.807, 2.05) is 0 Å². The minimum atomic E-state index is -4.34. The number of benzene rings is 1. The van der Waals surface area contributed by atoms with Gasteiger partial charge in [0.15, 0.2) is 0 Å². The van der Waals surface area contributed by atoms with E-state index in [4.69, 9.17) is 4.74 Å². The Labute approximate surface area is 90.0 Å². The fourth-order valence-corrected chi connectivity index (χ4v) is 1.70. The molecule has 1 fully saturated rings. The number of carbonyl (C=O) groups excluding carboxylic acids is 1. The number of rotatable bonds is 1. The van der Waals surface area contributed by atoms with E-state index in [1.54, 1.807) is 0 Å². The van der Waals surface area contributed by atoms with Gasteiger partial charge in [0, 0.05) is 0 Å². The maximum absolute atomic E-state index is 12.3. The summed E-state index contributed by atoms with van der Waals surface area (Å²) >= 11 is 0. The van der Waals surface area contributed by atoms with E-state index in [0.29, 0.717) is 18.6 Å². The van der Waals surface area contributed by atoms with E-state index in [-0.39, 0.29) is 5.97 Å². The summed E-state index contributed by atoms with van der Waals surface area (Å²) in [5, 5.41) is 0. The smallest absolute Gasteiger partial charge is 0.416 e. The molecule has 0 aromatic heterocycles. The molecule has 2 rings (SSSR count). The lowest BCUT2D eigenvalue weighted by Gasteiger charge is -2.09. The zero-order valence-corrected chi connectivity index (χ0v) is 8.25. The third-order valence-corrected chi connectivity index (χ3v) is 2.58. The molecule has 1 unspecified atom stereocenters. The zero-order valence-electron chi connectivity index (χ0n) is 8.25. The Bertz CT molecular complexity index is 395. The van der Waals surface area contributed by atoms with Crippen LogP contribution in [0.3, 0.4) is 0 Å². The summed E-state index contributed by atoms with van der Waals surface area (Å²) in [6.45, 7) is 0.338. The summed E-state index contributed by atoms with van der Waals surface area (Å²) in [6.07, 6.45) is -3.81. The second-order valence-electron chi connectivity index (χ2n) is 3.63. The van der Waals surface area contributed by atoms with Crippen LogP contribution in [0, 0.1) is 0 Å². The Morgan fingerprint density at radius 2 is 1.81 bits per heavy atom. The van der Waals surface area contributed by atoms with Crippen LogP contribution in [0.1, 0.15) is 23.5 Å². The van der Waals surface area contributed by atoms with Crippen molar-refractivity contribution in [1.29, 1.82) is 0 Å². The molecule has 1 atom stereocenters. The van der Waals surface area contributed by atoms with E-state index in [1.165, 1.54) is 12.1 Å². The van der Waals surface area contributed by atoms with E-state index < -0.39 is 17.7 Å². The van der Waals surface area contributed by atoms with Gasteiger partial charge in [-0.2, -0.15) is 13.2 Å². The molecule has 0 bridgehead atoms. The summed E-state index contributed by atoms with van der Waals surface area (Å²) in [5.74, 6) is -0.776. The van der Waals surface area contributed by atoms with Gasteiger partial charge in [-0.3, -0.25) is 4.79 Å². The molecule has 1 aliphatic rings. The Balaban J connectivity index is 2.22. The molecule has 2 nitrogen and oxygen atoms in total. The lowest BCUT2D eigenvalue weighted by molar-refractivity contribution is -0.139. The highest BCUT2D eigenvalue weighted by molar-refractivity contribution is 5.79. The molecule has 0 N–H and O–H groups in total. The predicted molar refractivity (Wildman–Crippen MR) is 49.8 cm³/mol. The highest BCUT2D eigenvalue weighted by Crippen LogP contribution is 2.32. The Morgan fingerprint density at radius 1 is 1.19 bits per heavy atom. The Morgan fingerprint density at radius 3 is 2.25 bits per heavy atom. The van der Waals surface area contributed by atoms with Crippen molar-refractivity contribution < 1.29 is 22.7 Å². The molecule has 1 aliphatic heterocycles. The van der Waals surface area contributed by atoms with Crippen molar-refractivity contribution >= 4 is 5.97 Å². The van der Waals surface area contributed by atoms with Gasteiger partial charge in [-0.15, -0.1) is 0 Å². The molecule has 1 aromatic rings. The third-order valence-electron chi connectivity index (χ3n) is 2.58. The van der Waals surface area contributed by atoms with Crippen molar-refractivity contribution in [3.63, 3.8) is 0 Å². The van der Waals surface area contributed by atoms with Crippen LogP contribution in [0.4, 0.5) is 13.2 Å². The molecular weight excluding hydrogens is 221 g/mol. The van der Waals surface area contributed by atoms with Gasteiger partial charge in [-0.05, 0) is 24.1 Å². The summed E-state index contributed by atoms with van der Waals surface area (Å²) in [7, 11) is 0. The van der Waals surface area contributed by atoms with E-state index in [0.717, 1.165) is 12.1 Å². The molecule has 86 valence electrons. The zero-order chi connectivity index (χ0) is 11.8.